The van der Waals surface area contributed by atoms with Gasteiger partial charge in [-0.05, 0) is 36.8 Å². The molecule has 0 radical (unpaired) electrons. The van der Waals surface area contributed by atoms with E-state index in [2.05, 4.69) is 15.5 Å². The number of nitrogens with one attached hydrogen (secondary N) is 1. The summed E-state index contributed by atoms with van der Waals surface area (Å²) in [5.41, 5.74) is 2.75. The lowest BCUT2D eigenvalue weighted by atomic mass is 10.1. The molecule has 0 saturated heterocycles. The molecule has 0 aliphatic heterocycles. The molecule has 1 N–H and O–H groups in total. The summed E-state index contributed by atoms with van der Waals surface area (Å²) in [5, 5.41) is 10.5. The highest BCUT2D eigenvalue weighted by atomic mass is 16.5. The Morgan fingerprint density at radius 1 is 1.04 bits per heavy atom. The van der Waals surface area contributed by atoms with Crippen LogP contribution in [-0.2, 0) is 6.54 Å². The Hall–Kier alpha value is -3.35. The van der Waals surface area contributed by atoms with Gasteiger partial charge in [0.05, 0.1) is 14.2 Å². The molecule has 7 nitrogen and oxygen atoms in total. The summed E-state index contributed by atoms with van der Waals surface area (Å²) in [6.45, 7) is 2.28. The Balaban J connectivity index is 1.66. The summed E-state index contributed by atoms with van der Waals surface area (Å²) >= 11 is 0. The smallest absolute Gasteiger partial charge is 0.309 e. The Kier molecular flexibility index (Phi) is 5.17. The maximum Gasteiger partial charge on any atom is 0.309 e. The number of nitrogens with zero attached hydrogens (tertiary/aromatic N) is 2. The van der Waals surface area contributed by atoms with Crippen molar-refractivity contribution in [3.63, 3.8) is 0 Å². The number of hydrogen-bond acceptors (Lipinski definition) is 6. The normalized spacial score (nSPS) is 10.4. The first-order valence-corrected chi connectivity index (χ1v) is 8.00. The third kappa shape index (κ3) is 3.83. The van der Waals surface area contributed by atoms with Gasteiger partial charge in [0.1, 0.15) is 0 Å². The van der Waals surface area contributed by atoms with Crippen LogP contribution in [0, 0.1) is 6.92 Å². The van der Waals surface area contributed by atoms with Crippen LogP contribution in [0.3, 0.4) is 0 Å². The van der Waals surface area contributed by atoms with Crippen molar-refractivity contribution in [1.29, 1.82) is 0 Å². The van der Waals surface area contributed by atoms with Crippen molar-refractivity contribution in [2.24, 2.45) is 0 Å². The molecule has 0 spiro atoms. The molecule has 3 rings (SSSR count). The summed E-state index contributed by atoms with van der Waals surface area (Å²) < 4.78 is 15.9. The van der Waals surface area contributed by atoms with Crippen molar-refractivity contribution in [2.45, 2.75) is 13.5 Å². The molecule has 3 aromatic rings. The van der Waals surface area contributed by atoms with Gasteiger partial charge in [0.25, 0.3) is 0 Å². The molecule has 0 aliphatic rings. The summed E-state index contributed by atoms with van der Waals surface area (Å²) in [5.74, 6) is 1.01. The Labute approximate surface area is 151 Å². The van der Waals surface area contributed by atoms with Crippen LogP contribution in [-0.4, -0.2) is 30.3 Å². The number of benzene rings is 2. The SMILES string of the molecule is COc1ccc(CNC(=O)c2nnc(-c3ccc(C)cc3)o2)cc1OC. The topological polar surface area (TPSA) is 86.5 Å². The molecule has 0 atom stereocenters. The van der Waals surface area contributed by atoms with E-state index in [-0.39, 0.29) is 5.89 Å². The molecule has 26 heavy (non-hydrogen) atoms. The molecule has 0 saturated carbocycles. The largest absolute Gasteiger partial charge is 0.493 e. The molecule has 1 aromatic heterocycles. The second-order valence-corrected chi connectivity index (χ2v) is 5.65. The zero-order chi connectivity index (χ0) is 18.5. The minimum absolute atomic E-state index is 0.0824. The van der Waals surface area contributed by atoms with E-state index in [1.54, 1.807) is 26.4 Å². The van der Waals surface area contributed by atoms with E-state index >= 15 is 0 Å². The third-order valence-electron chi connectivity index (χ3n) is 3.82. The van der Waals surface area contributed by atoms with Crippen LogP contribution in [0.4, 0.5) is 0 Å². The molecule has 1 amide bonds. The number of aryl methyl sites for hydroxylation is 1. The fourth-order valence-corrected chi connectivity index (χ4v) is 2.38. The Morgan fingerprint density at radius 2 is 1.77 bits per heavy atom. The summed E-state index contributed by atoms with van der Waals surface area (Å²) in [7, 11) is 3.13. The Bertz CT molecular complexity index is 903. The van der Waals surface area contributed by atoms with Gasteiger partial charge in [-0.25, -0.2) is 0 Å². The zero-order valence-electron chi connectivity index (χ0n) is 14.8. The quantitative estimate of drug-likeness (QED) is 0.733. The summed E-state index contributed by atoms with van der Waals surface area (Å²) in [6, 6.07) is 13.0. The molecular weight excluding hydrogens is 334 g/mol. The van der Waals surface area contributed by atoms with Crippen LogP contribution in [0.2, 0.25) is 0 Å². The van der Waals surface area contributed by atoms with Gasteiger partial charge in [0.2, 0.25) is 5.89 Å². The van der Waals surface area contributed by atoms with Gasteiger partial charge < -0.3 is 19.2 Å². The van der Waals surface area contributed by atoms with Crippen molar-refractivity contribution >= 4 is 5.91 Å². The molecule has 0 bridgehead atoms. The molecule has 0 fully saturated rings. The van der Waals surface area contributed by atoms with Crippen LogP contribution < -0.4 is 14.8 Å². The van der Waals surface area contributed by atoms with E-state index in [9.17, 15) is 4.79 Å². The first kappa shape index (κ1) is 17.5. The first-order chi connectivity index (χ1) is 12.6. The van der Waals surface area contributed by atoms with Gasteiger partial charge in [-0.15, -0.1) is 10.2 Å². The number of amides is 1. The molecule has 134 valence electrons. The summed E-state index contributed by atoms with van der Waals surface area (Å²) in [4.78, 5) is 12.2. The van der Waals surface area contributed by atoms with E-state index in [1.165, 1.54) is 0 Å². The van der Waals surface area contributed by atoms with Crippen LogP contribution in [0.15, 0.2) is 46.9 Å². The van der Waals surface area contributed by atoms with E-state index in [4.69, 9.17) is 13.9 Å². The lowest BCUT2D eigenvalue weighted by Gasteiger charge is -2.09. The minimum atomic E-state index is -0.439. The highest BCUT2D eigenvalue weighted by molar-refractivity contribution is 5.89. The van der Waals surface area contributed by atoms with Crippen molar-refractivity contribution in [2.75, 3.05) is 14.2 Å². The number of rotatable bonds is 6. The maximum atomic E-state index is 12.2. The molecule has 0 unspecified atom stereocenters. The predicted molar refractivity (Wildman–Crippen MR) is 95.2 cm³/mol. The number of hydrogen-bond donors (Lipinski definition) is 1. The minimum Gasteiger partial charge on any atom is -0.493 e. The second-order valence-electron chi connectivity index (χ2n) is 5.65. The number of aromatic nitrogens is 2. The molecule has 2 aromatic carbocycles. The van der Waals surface area contributed by atoms with E-state index < -0.39 is 5.91 Å². The van der Waals surface area contributed by atoms with Crippen LogP contribution in [0.1, 0.15) is 21.8 Å². The number of methoxy groups -OCH3 is 2. The molecule has 7 heteroatoms. The number of ether oxygens (including phenoxy) is 2. The summed E-state index contributed by atoms with van der Waals surface area (Å²) in [6.07, 6.45) is 0. The lowest BCUT2D eigenvalue weighted by molar-refractivity contribution is 0.0917. The third-order valence-corrected chi connectivity index (χ3v) is 3.82. The van der Waals surface area contributed by atoms with E-state index in [0.717, 1.165) is 16.7 Å². The fourth-order valence-electron chi connectivity index (χ4n) is 2.38. The van der Waals surface area contributed by atoms with Gasteiger partial charge in [0, 0.05) is 12.1 Å². The van der Waals surface area contributed by atoms with Crippen molar-refractivity contribution in [3.05, 3.63) is 59.5 Å². The number of carbonyl (C=O) groups is 1. The second kappa shape index (κ2) is 7.69. The van der Waals surface area contributed by atoms with Gasteiger partial charge in [-0.1, -0.05) is 23.8 Å². The average Bonchev–Trinajstić information content (AvgIpc) is 3.16. The van der Waals surface area contributed by atoms with Gasteiger partial charge in [0.15, 0.2) is 11.5 Å². The van der Waals surface area contributed by atoms with Crippen molar-refractivity contribution in [1.82, 2.24) is 15.5 Å². The zero-order valence-corrected chi connectivity index (χ0v) is 14.8. The predicted octanol–water partition coefficient (Wildman–Crippen LogP) is 2.99. The van der Waals surface area contributed by atoms with Gasteiger partial charge >= 0.3 is 11.8 Å². The molecular formula is C19H19N3O4. The van der Waals surface area contributed by atoms with E-state index in [1.807, 2.05) is 37.3 Å². The van der Waals surface area contributed by atoms with E-state index in [0.29, 0.717) is 23.9 Å². The lowest BCUT2D eigenvalue weighted by Crippen LogP contribution is -2.23. The fraction of sp³-hybridized carbons (Fsp3) is 0.211. The Morgan fingerprint density at radius 3 is 2.46 bits per heavy atom. The highest BCUT2D eigenvalue weighted by Gasteiger charge is 2.16. The van der Waals surface area contributed by atoms with Crippen molar-refractivity contribution in [3.8, 4) is 23.0 Å². The standard InChI is InChI=1S/C19H19N3O4/c1-12-4-7-14(8-5-12)18-21-22-19(26-18)17(23)20-11-13-6-9-15(24-2)16(10-13)25-3/h4-10H,11H2,1-3H3,(H,20,23). The van der Waals surface area contributed by atoms with Gasteiger partial charge in [-0.3, -0.25) is 4.79 Å². The maximum absolute atomic E-state index is 12.2. The van der Waals surface area contributed by atoms with Gasteiger partial charge in [-0.2, -0.15) is 0 Å². The highest BCUT2D eigenvalue weighted by Crippen LogP contribution is 2.27. The average molecular weight is 353 g/mol. The molecule has 1 heterocycles. The van der Waals surface area contributed by atoms with Crippen LogP contribution in [0.5, 0.6) is 11.5 Å². The number of carbonyl (C=O) groups excluding carboxylic acids is 1. The van der Waals surface area contributed by atoms with Crippen LogP contribution in [0.25, 0.3) is 11.5 Å². The molecule has 0 aliphatic carbocycles. The first-order valence-electron chi connectivity index (χ1n) is 8.00. The monoisotopic (exact) mass is 353 g/mol. The van der Waals surface area contributed by atoms with Crippen molar-refractivity contribution < 1.29 is 18.7 Å². The van der Waals surface area contributed by atoms with Crippen LogP contribution >= 0.6 is 0 Å².